The zero-order chi connectivity index (χ0) is 32.7. The minimum atomic E-state index is -0.786. The lowest BCUT2D eigenvalue weighted by Crippen LogP contribution is -2.47. The lowest BCUT2D eigenvalue weighted by molar-refractivity contribution is -0.0304. The molecule has 2 aromatic carbocycles. The van der Waals surface area contributed by atoms with Gasteiger partial charge in [0, 0.05) is 55.2 Å². The van der Waals surface area contributed by atoms with Crippen LogP contribution in [-0.4, -0.2) is 62.8 Å². The number of halogens is 1. The summed E-state index contributed by atoms with van der Waals surface area (Å²) in [6.07, 6.45) is 1.85. The maximum absolute atomic E-state index is 13.1. The molecule has 3 N–H and O–H groups in total. The number of hydrogen-bond acceptors (Lipinski definition) is 9. The number of fused-ring (bicyclic) bond motifs is 1. The van der Waals surface area contributed by atoms with Crippen molar-refractivity contribution in [1.29, 1.82) is 0 Å². The Hall–Kier alpha value is -4.36. The molecule has 0 radical (unpaired) electrons. The van der Waals surface area contributed by atoms with Crippen LogP contribution >= 0.6 is 11.6 Å². The molecular formula is C33H35ClN6O6. The summed E-state index contributed by atoms with van der Waals surface area (Å²) in [5.41, 5.74) is 4.40. The van der Waals surface area contributed by atoms with Gasteiger partial charge in [0.25, 0.3) is 11.5 Å². The van der Waals surface area contributed by atoms with E-state index in [-0.39, 0.29) is 12.1 Å². The standard InChI is InChI=1S/C33H35ClN6O6/c1-17-19(7-6-10-22(17)36-30(42)29-32(43)39(2)33(44)40(3)38-29)20-8-5-9-21(28(20)34)25-15-18-11-12-24(27(18)31(37-25)45-4)35-23-13-14-46-16-26(23)41/h5-10,15,23-24,26,35,41H,11-14,16H2,1-4H3,(H,36,42)/t23-,24-,26-/m1/s1. The zero-order valence-corrected chi connectivity index (χ0v) is 26.7. The largest absolute Gasteiger partial charge is 0.481 e. The number of ether oxygens (including phenoxy) is 2. The molecule has 1 aliphatic carbocycles. The van der Waals surface area contributed by atoms with Gasteiger partial charge < -0.3 is 25.2 Å². The Morgan fingerprint density at radius 1 is 1.11 bits per heavy atom. The third kappa shape index (κ3) is 5.73. The monoisotopic (exact) mass is 646 g/mol. The van der Waals surface area contributed by atoms with Crippen molar-refractivity contribution in [3.05, 3.63) is 90.7 Å². The predicted molar refractivity (Wildman–Crippen MR) is 174 cm³/mol. The smallest absolute Gasteiger partial charge is 0.346 e. The molecule has 1 aliphatic heterocycles. The highest BCUT2D eigenvalue weighted by molar-refractivity contribution is 6.36. The number of aliphatic hydroxyl groups is 1. The van der Waals surface area contributed by atoms with Gasteiger partial charge in [-0.2, -0.15) is 5.10 Å². The molecular weight excluding hydrogens is 612 g/mol. The van der Waals surface area contributed by atoms with Crippen LogP contribution in [0.25, 0.3) is 22.4 Å². The van der Waals surface area contributed by atoms with Crippen molar-refractivity contribution in [2.24, 2.45) is 14.1 Å². The molecule has 46 heavy (non-hydrogen) atoms. The van der Waals surface area contributed by atoms with Crippen molar-refractivity contribution in [2.75, 3.05) is 25.6 Å². The lowest BCUT2D eigenvalue weighted by atomic mass is 9.96. The van der Waals surface area contributed by atoms with Gasteiger partial charge in [-0.15, -0.1) is 0 Å². The van der Waals surface area contributed by atoms with Crippen LogP contribution in [0.15, 0.2) is 52.1 Å². The molecule has 3 heterocycles. The molecule has 1 saturated heterocycles. The summed E-state index contributed by atoms with van der Waals surface area (Å²) in [5.74, 6) is -0.213. The Kier molecular flexibility index (Phi) is 8.80. The van der Waals surface area contributed by atoms with E-state index in [0.29, 0.717) is 35.5 Å². The van der Waals surface area contributed by atoms with Gasteiger partial charge in [0.05, 0.1) is 30.5 Å². The highest BCUT2D eigenvalue weighted by atomic mass is 35.5. The normalized spacial score (nSPS) is 19.1. The van der Waals surface area contributed by atoms with E-state index in [2.05, 4.69) is 21.8 Å². The SMILES string of the molecule is COc1nc(-c2cccc(-c3cccc(NC(=O)c4nn(C)c(=O)n(C)c4=O)c3C)c2Cl)cc2c1[C@H](N[C@@H]1CCOC[C@H]1O)CC2. The molecule has 1 amide bonds. The highest BCUT2D eigenvalue weighted by Gasteiger charge is 2.33. The number of aliphatic hydroxyl groups excluding tert-OH is 1. The van der Waals surface area contributed by atoms with Crippen LogP contribution in [0.4, 0.5) is 5.69 Å². The Morgan fingerprint density at radius 2 is 1.85 bits per heavy atom. The number of rotatable bonds is 7. The van der Waals surface area contributed by atoms with Gasteiger partial charge in [-0.1, -0.05) is 41.9 Å². The maximum Gasteiger partial charge on any atom is 0.346 e. The minimum absolute atomic E-state index is 0.00260. The second-order valence-corrected chi connectivity index (χ2v) is 12.0. The number of carbonyl (C=O) groups excluding carboxylic acids is 1. The van der Waals surface area contributed by atoms with Crippen molar-refractivity contribution in [3.63, 3.8) is 0 Å². The second-order valence-electron chi connectivity index (χ2n) is 11.6. The fraction of sp³-hybridized carbons (Fsp3) is 0.364. The molecule has 4 aromatic rings. The number of methoxy groups -OCH3 is 1. The summed E-state index contributed by atoms with van der Waals surface area (Å²) in [5, 5.41) is 21.1. The van der Waals surface area contributed by atoms with Crippen LogP contribution in [0, 0.1) is 6.92 Å². The number of amides is 1. The summed E-state index contributed by atoms with van der Waals surface area (Å²) in [6.45, 7) is 2.78. The Labute approximate surface area is 270 Å². The van der Waals surface area contributed by atoms with E-state index in [1.165, 1.54) is 14.1 Å². The molecule has 2 aromatic heterocycles. The Morgan fingerprint density at radius 3 is 2.61 bits per heavy atom. The summed E-state index contributed by atoms with van der Waals surface area (Å²) in [7, 11) is 4.27. The van der Waals surface area contributed by atoms with Crippen LogP contribution < -0.4 is 26.6 Å². The molecule has 1 fully saturated rings. The average Bonchev–Trinajstić information content (AvgIpc) is 3.46. The fourth-order valence-corrected chi connectivity index (χ4v) is 6.59. The Bertz CT molecular complexity index is 1960. The second kappa shape index (κ2) is 12.8. The third-order valence-corrected chi connectivity index (χ3v) is 9.19. The number of aromatic nitrogens is 4. The first kappa shape index (κ1) is 31.6. The van der Waals surface area contributed by atoms with E-state index in [1.54, 1.807) is 19.2 Å². The number of nitrogens with zero attached hydrogens (tertiary/aromatic N) is 4. The molecule has 3 atom stereocenters. The molecule has 0 saturated carbocycles. The zero-order valence-electron chi connectivity index (χ0n) is 26.0. The van der Waals surface area contributed by atoms with Gasteiger partial charge in [0.2, 0.25) is 11.6 Å². The van der Waals surface area contributed by atoms with E-state index in [4.69, 9.17) is 26.1 Å². The minimum Gasteiger partial charge on any atom is -0.481 e. The van der Waals surface area contributed by atoms with E-state index in [0.717, 1.165) is 61.9 Å². The van der Waals surface area contributed by atoms with E-state index in [9.17, 15) is 19.5 Å². The van der Waals surface area contributed by atoms with Crippen LogP contribution in [0.2, 0.25) is 5.02 Å². The van der Waals surface area contributed by atoms with Crippen molar-refractivity contribution >= 4 is 23.2 Å². The number of hydrogen-bond donors (Lipinski definition) is 3. The molecule has 240 valence electrons. The average molecular weight is 647 g/mol. The van der Waals surface area contributed by atoms with Crippen LogP contribution in [0.3, 0.4) is 0 Å². The predicted octanol–water partition coefficient (Wildman–Crippen LogP) is 3.16. The van der Waals surface area contributed by atoms with E-state index >= 15 is 0 Å². The number of benzene rings is 2. The summed E-state index contributed by atoms with van der Waals surface area (Å²) in [6, 6.07) is 13.1. The summed E-state index contributed by atoms with van der Waals surface area (Å²) >= 11 is 7.09. The molecule has 0 bridgehead atoms. The van der Waals surface area contributed by atoms with Crippen molar-refractivity contribution in [3.8, 4) is 28.3 Å². The molecule has 2 aliphatic rings. The summed E-state index contributed by atoms with van der Waals surface area (Å²) < 4.78 is 13.0. The first-order chi connectivity index (χ1) is 22.1. The number of aryl methyl sites for hydroxylation is 2. The van der Waals surface area contributed by atoms with E-state index < -0.39 is 29.0 Å². The molecule has 13 heteroatoms. The first-order valence-corrected chi connectivity index (χ1v) is 15.4. The molecule has 6 rings (SSSR count). The van der Waals surface area contributed by atoms with E-state index in [1.807, 2.05) is 31.2 Å². The number of carbonyl (C=O) groups is 1. The van der Waals surface area contributed by atoms with Gasteiger partial charge >= 0.3 is 5.69 Å². The van der Waals surface area contributed by atoms with Crippen LogP contribution in [-0.2, 0) is 25.3 Å². The first-order valence-electron chi connectivity index (χ1n) is 15.0. The fourth-order valence-electron chi connectivity index (χ4n) is 6.26. The molecule has 0 unspecified atom stereocenters. The highest BCUT2D eigenvalue weighted by Crippen LogP contribution is 2.43. The van der Waals surface area contributed by atoms with Crippen molar-refractivity contribution in [2.45, 2.75) is 44.4 Å². The Balaban J connectivity index is 1.31. The van der Waals surface area contributed by atoms with Crippen LogP contribution in [0.1, 0.15) is 46.1 Å². The molecule has 0 spiro atoms. The van der Waals surface area contributed by atoms with Crippen molar-refractivity contribution < 1.29 is 19.4 Å². The van der Waals surface area contributed by atoms with Gasteiger partial charge in [-0.25, -0.2) is 14.5 Å². The number of nitrogens with one attached hydrogen (secondary N) is 2. The number of pyridine rings is 1. The number of anilines is 1. The maximum atomic E-state index is 13.1. The van der Waals surface area contributed by atoms with Crippen LogP contribution in [0.5, 0.6) is 5.88 Å². The third-order valence-electron chi connectivity index (χ3n) is 8.78. The van der Waals surface area contributed by atoms with Gasteiger partial charge in [-0.05, 0) is 55.0 Å². The van der Waals surface area contributed by atoms with Gasteiger partial charge in [0.15, 0.2) is 0 Å². The van der Waals surface area contributed by atoms with Crippen molar-refractivity contribution in [1.82, 2.24) is 24.6 Å². The topological polar surface area (TPSA) is 150 Å². The lowest BCUT2D eigenvalue weighted by Gasteiger charge is -2.31. The summed E-state index contributed by atoms with van der Waals surface area (Å²) in [4.78, 5) is 42.6. The molecule has 12 nitrogen and oxygen atoms in total. The quantitative estimate of drug-likeness (QED) is 0.275. The van der Waals surface area contributed by atoms with Gasteiger partial charge in [-0.3, -0.25) is 14.2 Å². The van der Waals surface area contributed by atoms with Gasteiger partial charge in [0.1, 0.15) is 0 Å².